The molecule has 2 aromatic carbocycles. The normalized spacial score (nSPS) is 13.4. The Hall–Kier alpha value is -2.23. The summed E-state index contributed by atoms with van der Waals surface area (Å²) < 4.78 is 50.3. The quantitative estimate of drug-likeness (QED) is 0.772. The molecule has 2 aromatic rings. The number of hydrogen-bond acceptors (Lipinski definition) is 5. The SMILES string of the molecule is CS(=O)(=O)c1cccc(S(=O)(=O)NC(C(N)=O)c2ccccc2)c1. The lowest BCUT2D eigenvalue weighted by Crippen LogP contribution is -2.37. The lowest BCUT2D eigenvalue weighted by atomic mass is 10.1. The third kappa shape index (κ3) is 4.19. The van der Waals surface area contributed by atoms with Crippen LogP contribution in [0.25, 0.3) is 0 Å². The highest BCUT2D eigenvalue weighted by molar-refractivity contribution is 7.91. The highest BCUT2D eigenvalue weighted by atomic mass is 32.2. The smallest absolute Gasteiger partial charge is 0.241 e. The minimum absolute atomic E-state index is 0.138. The van der Waals surface area contributed by atoms with Crippen molar-refractivity contribution in [3.63, 3.8) is 0 Å². The fourth-order valence-electron chi connectivity index (χ4n) is 2.03. The van der Waals surface area contributed by atoms with E-state index in [2.05, 4.69) is 4.72 Å². The van der Waals surface area contributed by atoms with Crippen LogP contribution in [0, 0.1) is 0 Å². The Labute approximate surface area is 140 Å². The van der Waals surface area contributed by atoms with Crippen molar-refractivity contribution in [3.05, 3.63) is 60.2 Å². The number of amides is 1. The van der Waals surface area contributed by atoms with Crippen molar-refractivity contribution in [1.29, 1.82) is 0 Å². The van der Waals surface area contributed by atoms with E-state index in [1.165, 1.54) is 18.2 Å². The molecule has 3 N–H and O–H groups in total. The van der Waals surface area contributed by atoms with Gasteiger partial charge >= 0.3 is 0 Å². The number of carbonyl (C=O) groups is 1. The molecule has 128 valence electrons. The van der Waals surface area contributed by atoms with Gasteiger partial charge in [0.2, 0.25) is 15.9 Å². The first-order valence-electron chi connectivity index (χ1n) is 6.78. The second-order valence-electron chi connectivity index (χ2n) is 5.11. The molecule has 1 amide bonds. The summed E-state index contributed by atoms with van der Waals surface area (Å²) in [6.07, 6.45) is 0.975. The number of rotatable bonds is 6. The van der Waals surface area contributed by atoms with E-state index in [1.54, 1.807) is 30.3 Å². The molecular formula is C15H16N2O5S2. The zero-order chi connectivity index (χ0) is 18.0. The summed E-state index contributed by atoms with van der Waals surface area (Å²) in [4.78, 5) is 11.2. The topological polar surface area (TPSA) is 123 Å². The van der Waals surface area contributed by atoms with Crippen LogP contribution in [0.1, 0.15) is 11.6 Å². The Morgan fingerprint density at radius 1 is 0.958 bits per heavy atom. The van der Waals surface area contributed by atoms with Gasteiger partial charge < -0.3 is 5.73 Å². The van der Waals surface area contributed by atoms with E-state index < -0.39 is 31.8 Å². The largest absolute Gasteiger partial charge is 0.368 e. The molecule has 2 rings (SSSR count). The maximum Gasteiger partial charge on any atom is 0.241 e. The standard InChI is InChI=1S/C15H16N2O5S2/c1-23(19,20)12-8-5-9-13(10-12)24(21,22)17-14(15(16)18)11-6-3-2-4-7-11/h2-10,14,17H,1H3,(H2,16,18). The number of benzene rings is 2. The summed E-state index contributed by atoms with van der Waals surface area (Å²) in [6, 6.07) is 11.7. The fourth-order valence-corrected chi connectivity index (χ4v) is 4.01. The number of sulfonamides is 1. The fraction of sp³-hybridized carbons (Fsp3) is 0.133. The molecule has 0 heterocycles. The van der Waals surface area contributed by atoms with Crippen molar-refractivity contribution in [2.45, 2.75) is 15.8 Å². The molecule has 1 atom stereocenters. The number of sulfone groups is 1. The maximum absolute atomic E-state index is 12.5. The molecule has 0 aromatic heterocycles. The van der Waals surface area contributed by atoms with E-state index in [1.807, 2.05) is 0 Å². The first kappa shape index (κ1) is 18.1. The van der Waals surface area contributed by atoms with Gasteiger partial charge in [-0.15, -0.1) is 0 Å². The monoisotopic (exact) mass is 368 g/mol. The molecule has 0 aliphatic rings. The van der Waals surface area contributed by atoms with Crippen molar-refractivity contribution in [2.24, 2.45) is 5.73 Å². The summed E-state index contributed by atoms with van der Waals surface area (Å²) in [5.74, 6) is -0.871. The minimum Gasteiger partial charge on any atom is -0.368 e. The summed E-state index contributed by atoms with van der Waals surface area (Å²) in [5.41, 5.74) is 5.67. The number of nitrogens with two attached hydrogens (primary N) is 1. The van der Waals surface area contributed by atoms with Gasteiger partial charge in [-0.3, -0.25) is 4.79 Å². The van der Waals surface area contributed by atoms with Gasteiger partial charge in [0.1, 0.15) is 6.04 Å². The van der Waals surface area contributed by atoms with E-state index >= 15 is 0 Å². The van der Waals surface area contributed by atoms with Crippen LogP contribution in [0.4, 0.5) is 0 Å². The van der Waals surface area contributed by atoms with Crippen LogP contribution in [0.15, 0.2) is 64.4 Å². The highest BCUT2D eigenvalue weighted by Gasteiger charge is 2.26. The molecule has 0 fully saturated rings. The summed E-state index contributed by atoms with van der Waals surface area (Å²) >= 11 is 0. The molecule has 9 heteroatoms. The highest BCUT2D eigenvalue weighted by Crippen LogP contribution is 2.19. The van der Waals surface area contributed by atoms with Crippen LogP contribution >= 0.6 is 0 Å². The molecule has 0 aliphatic heterocycles. The first-order chi connectivity index (χ1) is 11.1. The number of primary amides is 1. The molecule has 0 bridgehead atoms. The molecule has 0 saturated heterocycles. The molecule has 7 nitrogen and oxygen atoms in total. The van der Waals surface area contributed by atoms with Gasteiger partial charge in [-0.25, -0.2) is 16.8 Å². The molecule has 0 aliphatic carbocycles. The van der Waals surface area contributed by atoms with Gasteiger partial charge in [0.05, 0.1) is 9.79 Å². The van der Waals surface area contributed by atoms with Gasteiger partial charge in [0.25, 0.3) is 0 Å². The Morgan fingerprint density at radius 3 is 2.08 bits per heavy atom. The lowest BCUT2D eigenvalue weighted by Gasteiger charge is -2.16. The number of nitrogens with one attached hydrogen (secondary N) is 1. The molecule has 1 unspecified atom stereocenters. The predicted octanol–water partition coefficient (Wildman–Crippen LogP) is 0.595. The van der Waals surface area contributed by atoms with E-state index in [9.17, 15) is 21.6 Å². The lowest BCUT2D eigenvalue weighted by molar-refractivity contribution is -0.119. The third-order valence-electron chi connectivity index (χ3n) is 3.23. The number of hydrogen-bond donors (Lipinski definition) is 2. The van der Waals surface area contributed by atoms with Crippen molar-refractivity contribution >= 4 is 25.8 Å². The molecule has 24 heavy (non-hydrogen) atoms. The van der Waals surface area contributed by atoms with Crippen LogP contribution in [0.5, 0.6) is 0 Å². The second-order valence-corrected chi connectivity index (χ2v) is 8.84. The first-order valence-corrected chi connectivity index (χ1v) is 10.2. The van der Waals surface area contributed by atoms with Crippen LogP contribution in [0.3, 0.4) is 0 Å². The van der Waals surface area contributed by atoms with Crippen LogP contribution < -0.4 is 10.5 Å². The third-order valence-corrected chi connectivity index (χ3v) is 5.77. The zero-order valence-electron chi connectivity index (χ0n) is 12.7. The van der Waals surface area contributed by atoms with E-state index in [0.29, 0.717) is 5.56 Å². The zero-order valence-corrected chi connectivity index (χ0v) is 14.3. The van der Waals surface area contributed by atoms with Gasteiger partial charge in [-0.2, -0.15) is 4.72 Å². The summed E-state index contributed by atoms with van der Waals surface area (Å²) in [5, 5.41) is 0. The van der Waals surface area contributed by atoms with Gasteiger partial charge in [-0.1, -0.05) is 36.4 Å². The number of carbonyl (C=O) groups excluding carboxylic acids is 1. The average Bonchev–Trinajstić information content (AvgIpc) is 2.52. The predicted molar refractivity (Wildman–Crippen MR) is 88.3 cm³/mol. The Bertz CT molecular complexity index is 954. The average molecular weight is 368 g/mol. The van der Waals surface area contributed by atoms with Crippen LogP contribution in [-0.4, -0.2) is 29.0 Å². The second kappa shape index (κ2) is 6.71. The Balaban J connectivity index is 2.42. The van der Waals surface area contributed by atoms with Crippen LogP contribution in [-0.2, 0) is 24.7 Å². The van der Waals surface area contributed by atoms with E-state index in [0.717, 1.165) is 12.3 Å². The molecule has 0 saturated carbocycles. The maximum atomic E-state index is 12.5. The minimum atomic E-state index is -4.15. The van der Waals surface area contributed by atoms with Crippen molar-refractivity contribution in [1.82, 2.24) is 4.72 Å². The summed E-state index contributed by atoms with van der Waals surface area (Å²) in [7, 11) is -7.72. The van der Waals surface area contributed by atoms with E-state index in [-0.39, 0.29) is 9.79 Å². The van der Waals surface area contributed by atoms with Gasteiger partial charge in [0.15, 0.2) is 9.84 Å². The molecular weight excluding hydrogens is 352 g/mol. The van der Waals surface area contributed by atoms with Gasteiger partial charge in [0, 0.05) is 6.26 Å². The Kier molecular flexibility index (Phi) is 5.07. The van der Waals surface area contributed by atoms with Crippen molar-refractivity contribution in [2.75, 3.05) is 6.26 Å². The van der Waals surface area contributed by atoms with Crippen molar-refractivity contribution in [3.8, 4) is 0 Å². The summed E-state index contributed by atoms with van der Waals surface area (Å²) in [6.45, 7) is 0. The van der Waals surface area contributed by atoms with Crippen molar-refractivity contribution < 1.29 is 21.6 Å². The Morgan fingerprint density at radius 2 is 1.54 bits per heavy atom. The molecule has 0 radical (unpaired) electrons. The molecule has 0 spiro atoms. The van der Waals surface area contributed by atoms with Crippen LogP contribution in [0.2, 0.25) is 0 Å². The van der Waals surface area contributed by atoms with Gasteiger partial charge in [-0.05, 0) is 23.8 Å². The van der Waals surface area contributed by atoms with E-state index in [4.69, 9.17) is 5.73 Å².